The minimum atomic E-state index is -2.42. The zero-order valence-electron chi connectivity index (χ0n) is 27.4. The Labute approximate surface area is 272 Å². The third-order valence-corrected chi connectivity index (χ3v) is 42.0. The minimum absolute atomic E-state index is 0.128. The lowest BCUT2D eigenvalue weighted by atomic mass is 9.88. The fraction of sp³-hybridized carbons (Fsp3) is 0.647. The van der Waals surface area contributed by atoms with Gasteiger partial charge >= 0.3 is 0 Å². The fourth-order valence-electron chi connectivity index (χ4n) is 8.58. The number of fused-ring (bicyclic) bond motifs is 2. The van der Waals surface area contributed by atoms with Gasteiger partial charge in [-0.25, -0.2) is 0 Å². The fourth-order valence-corrected chi connectivity index (χ4v) is 48.1. The molecule has 2 aromatic rings. The number of epoxide rings is 2. The summed E-state index contributed by atoms with van der Waals surface area (Å²) in [5.74, 6) is 1.63. The van der Waals surface area contributed by atoms with E-state index in [9.17, 15) is 0 Å². The van der Waals surface area contributed by atoms with Crippen LogP contribution in [0.2, 0.25) is 44.3 Å². The van der Waals surface area contributed by atoms with E-state index in [2.05, 4.69) is 86.9 Å². The number of ether oxygens (including phenoxy) is 2. The molecule has 10 heteroatoms. The Morgan fingerprint density at radius 2 is 1.25 bits per heavy atom. The molecule has 2 saturated carbocycles. The van der Waals surface area contributed by atoms with E-state index >= 15 is 0 Å². The summed E-state index contributed by atoms with van der Waals surface area (Å²) in [5, 5.41) is 2.85. The molecular weight excluding hydrogens is 629 g/mol. The maximum atomic E-state index is 7.51. The van der Waals surface area contributed by atoms with Crippen LogP contribution in [0.15, 0.2) is 60.7 Å². The molecule has 0 aromatic heterocycles. The molecule has 3 heterocycles. The second kappa shape index (κ2) is 13.1. The van der Waals surface area contributed by atoms with Crippen molar-refractivity contribution < 1.29 is 22.4 Å². The Bertz CT molecular complexity index is 1150. The molecule has 2 aromatic carbocycles. The van der Waals surface area contributed by atoms with Crippen LogP contribution in [0.5, 0.6) is 0 Å². The van der Waals surface area contributed by atoms with Crippen LogP contribution in [0.25, 0.3) is 0 Å². The Morgan fingerprint density at radius 1 is 0.727 bits per heavy atom. The molecule has 5 aliphatic rings. The number of benzene rings is 2. The first-order valence-electron chi connectivity index (χ1n) is 17.6. The van der Waals surface area contributed by atoms with Gasteiger partial charge in [0.15, 0.2) is 16.6 Å². The van der Waals surface area contributed by atoms with Gasteiger partial charge in [0.2, 0.25) is 7.83 Å². The van der Waals surface area contributed by atoms with Crippen molar-refractivity contribution in [2.45, 2.75) is 126 Å². The van der Waals surface area contributed by atoms with Gasteiger partial charge in [-0.15, -0.1) is 0 Å². The van der Waals surface area contributed by atoms with Gasteiger partial charge in [-0.1, -0.05) is 73.5 Å². The Balaban J connectivity index is 1.09. The zero-order chi connectivity index (χ0) is 30.4. The molecule has 0 amide bonds. The molecular formula is C34H54O5Si5. The molecule has 0 radical (unpaired) electrons. The van der Waals surface area contributed by atoms with Gasteiger partial charge in [0.05, 0.1) is 33.0 Å². The molecule has 3 aliphatic heterocycles. The van der Waals surface area contributed by atoms with Crippen LogP contribution in [-0.4, -0.2) is 72.3 Å². The molecule has 8 unspecified atom stereocenters. The van der Waals surface area contributed by atoms with Gasteiger partial charge in [-0.05, 0) is 99.0 Å². The molecule has 2 aliphatic carbocycles. The highest BCUT2D eigenvalue weighted by Crippen LogP contribution is 2.43. The van der Waals surface area contributed by atoms with Crippen molar-refractivity contribution in [3.8, 4) is 0 Å². The second-order valence-electron chi connectivity index (χ2n) is 15.8. The van der Waals surface area contributed by atoms with E-state index in [0.717, 1.165) is 17.9 Å². The summed E-state index contributed by atoms with van der Waals surface area (Å²) in [6.07, 6.45) is 12.5. The van der Waals surface area contributed by atoms with Crippen LogP contribution in [0, 0.1) is 11.8 Å². The van der Waals surface area contributed by atoms with Crippen LogP contribution in [0.3, 0.4) is 0 Å². The topological polar surface area (TPSA) is 52.8 Å². The molecule has 3 saturated heterocycles. The van der Waals surface area contributed by atoms with Crippen LogP contribution < -0.4 is 10.4 Å². The number of rotatable bonds is 12. The van der Waals surface area contributed by atoms with E-state index in [1.807, 2.05) is 0 Å². The molecule has 240 valence electrons. The molecule has 7 rings (SSSR count). The quantitative estimate of drug-likeness (QED) is 0.223. The summed E-state index contributed by atoms with van der Waals surface area (Å²) in [5.41, 5.74) is 0. The van der Waals surface area contributed by atoms with Crippen LogP contribution in [0.1, 0.15) is 51.4 Å². The largest absolute Gasteiger partial charge is 0.461 e. The molecule has 5 nitrogen and oxygen atoms in total. The third-order valence-electron chi connectivity index (χ3n) is 11.3. The highest BCUT2D eigenvalue weighted by molar-refractivity contribution is 7.53. The lowest BCUT2D eigenvalue weighted by molar-refractivity contribution is 0.00967. The van der Waals surface area contributed by atoms with E-state index < -0.39 is 41.6 Å². The van der Waals surface area contributed by atoms with E-state index in [-0.39, 0.29) is 6.29 Å². The van der Waals surface area contributed by atoms with E-state index in [1.165, 1.54) is 73.8 Å². The van der Waals surface area contributed by atoms with Gasteiger partial charge in [-0.2, -0.15) is 0 Å². The van der Waals surface area contributed by atoms with Crippen molar-refractivity contribution >= 4 is 52.0 Å². The molecule has 0 bridgehead atoms. The predicted octanol–water partition coefficient (Wildman–Crippen LogP) is 5.35. The van der Waals surface area contributed by atoms with Crippen molar-refractivity contribution in [1.29, 1.82) is 0 Å². The molecule has 8 atom stereocenters. The van der Waals surface area contributed by atoms with Crippen molar-refractivity contribution in [2.75, 3.05) is 0 Å². The third kappa shape index (κ3) is 7.72. The Hall–Kier alpha value is -0.676. The van der Waals surface area contributed by atoms with Gasteiger partial charge < -0.3 is 22.4 Å². The van der Waals surface area contributed by atoms with Gasteiger partial charge in [0.25, 0.3) is 0 Å². The zero-order valence-corrected chi connectivity index (χ0v) is 33.0. The summed E-state index contributed by atoms with van der Waals surface area (Å²) < 4.78 is 33.9. The number of hydrogen-bond donors (Lipinski definition) is 0. The first kappa shape index (κ1) is 31.9. The number of hydrogen-bond acceptors (Lipinski definition) is 5. The first-order chi connectivity index (χ1) is 21.2. The first-order valence-corrected chi connectivity index (χ1v) is 32.6. The lowest BCUT2D eigenvalue weighted by Crippen LogP contribution is -2.74. The van der Waals surface area contributed by atoms with Crippen molar-refractivity contribution in [3.63, 3.8) is 0 Å². The maximum Gasteiger partial charge on any atom is 0.236 e. The van der Waals surface area contributed by atoms with E-state index in [4.69, 9.17) is 22.4 Å². The van der Waals surface area contributed by atoms with Crippen LogP contribution in [0.4, 0.5) is 0 Å². The second-order valence-corrected chi connectivity index (χ2v) is 40.8. The highest BCUT2D eigenvalue weighted by Gasteiger charge is 2.52. The SMILES string of the molecule is C[Si](C)(CCC1CCC2OC2C1)OC1C[SiH](O[Si](C)(C)CCC2CCC3OC3C2)[SiH2][Si](c2ccccc2)(c2ccccc2)O1. The molecule has 0 spiro atoms. The minimum Gasteiger partial charge on any atom is -0.461 e. The normalized spacial score (nSPS) is 35.1. The summed E-state index contributed by atoms with van der Waals surface area (Å²) in [6.45, 7) is 9.88. The summed E-state index contributed by atoms with van der Waals surface area (Å²) >= 11 is 0. The molecule has 44 heavy (non-hydrogen) atoms. The summed E-state index contributed by atoms with van der Waals surface area (Å²) in [4.78, 5) is 0. The Morgan fingerprint density at radius 3 is 1.77 bits per heavy atom. The van der Waals surface area contributed by atoms with Crippen molar-refractivity contribution in [2.24, 2.45) is 11.8 Å². The predicted molar refractivity (Wildman–Crippen MR) is 191 cm³/mol. The van der Waals surface area contributed by atoms with Gasteiger partial charge in [0, 0.05) is 6.04 Å². The molecule has 0 N–H and O–H groups in total. The van der Waals surface area contributed by atoms with Crippen LogP contribution >= 0.6 is 0 Å². The maximum absolute atomic E-state index is 7.51. The Kier molecular flexibility index (Phi) is 9.49. The van der Waals surface area contributed by atoms with Gasteiger partial charge in [0.1, 0.15) is 14.8 Å². The highest BCUT2D eigenvalue weighted by atomic mass is 29.6. The lowest BCUT2D eigenvalue weighted by Gasteiger charge is -2.46. The monoisotopic (exact) mass is 682 g/mol. The average molecular weight is 683 g/mol. The van der Waals surface area contributed by atoms with Gasteiger partial charge in [-0.3, -0.25) is 0 Å². The molecule has 5 fully saturated rings. The summed E-state index contributed by atoms with van der Waals surface area (Å²) in [7, 11) is -8.30. The smallest absolute Gasteiger partial charge is 0.236 e. The van der Waals surface area contributed by atoms with Crippen molar-refractivity contribution in [1.82, 2.24) is 0 Å². The standard InChI is InChI=1S/C34H54O5Si5/c1-42(2,21-19-26-15-17-30-32(23-26)35-30)37-34-25-41(39-43(3,4)22-20-27-16-18-31-33(24-27)36-31)40-44(38-34,28-11-7-5-8-12-28)29-13-9-6-10-14-29/h5-14,26-27,30-34,41H,15-25,40H2,1-4H3. The van der Waals surface area contributed by atoms with Crippen molar-refractivity contribution in [3.05, 3.63) is 60.7 Å². The summed E-state index contributed by atoms with van der Waals surface area (Å²) in [6, 6.07) is 26.0. The van der Waals surface area contributed by atoms with E-state index in [0.29, 0.717) is 24.4 Å². The van der Waals surface area contributed by atoms with Crippen LogP contribution in [-0.2, 0) is 22.4 Å². The average Bonchev–Trinajstić information content (AvgIpc) is 3.94. The van der Waals surface area contributed by atoms with E-state index in [1.54, 1.807) is 0 Å².